The maximum Gasteiger partial charge on any atom is 0.317 e. The van der Waals surface area contributed by atoms with Crippen LogP contribution in [0, 0.1) is 12.8 Å². The van der Waals surface area contributed by atoms with Crippen molar-refractivity contribution in [1.82, 2.24) is 20.0 Å². The third kappa shape index (κ3) is 3.28. The number of aliphatic carboxylic acids is 1. The van der Waals surface area contributed by atoms with Crippen LogP contribution in [0.1, 0.15) is 24.1 Å². The highest BCUT2D eigenvalue weighted by Crippen LogP contribution is 2.19. The van der Waals surface area contributed by atoms with E-state index in [9.17, 15) is 9.59 Å². The average molecular weight is 280 g/mol. The second-order valence-electron chi connectivity index (χ2n) is 5.24. The number of likely N-dealkylation sites (tertiary alicyclic amines) is 1. The molecule has 1 saturated heterocycles. The van der Waals surface area contributed by atoms with E-state index in [-0.39, 0.29) is 18.4 Å². The smallest absolute Gasteiger partial charge is 0.317 e. The van der Waals surface area contributed by atoms with E-state index in [1.54, 1.807) is 15.8 Å². The number of aromatic nitrogens is 2. The molecular weight excluding hydrogens is 260 g/mol. The van der Waals surface area contributed by atoms with Gasteiger partial charge in [-0.2, -0.15) is 5.10 Å². The molecule has 110 valence electrons. The lowest BCUT2D eigenvalue weighted by Gasteiger charge is -2.17. The van der Waals surface area contributed by atoms with Crippen LogP contribution in [0.25, 0.3) is 0 Å². The minimum Gasteiger partial charge on any atom is -0.481 e. The maximum absolute atomic E-state index is 12.0. The standard InChI is InChI=1S/C13H20N4O3/c1-9-11(7-15-16(9)2)6-14-13(20)17-4-3-10(8-17)5-12(18)19/h7,10H,3-6,8H2,1-2H3,(H,14,20)(H,18,19). The number of aryl methyl sites for hydroxylation is 1. The van der Waals surface area contributed by atoms with Gasteiger partial charge in [0.15, 0.2) is 0 Å². The number of nitrogens with one attached hydrogen (secondary N) is 1. The van der Waals surface area contributed by atoms with Crippen molar-refractivity contribution >= 4 is 12.0 Å². The SMILES string of the molecule is Cc1c(CNC(=O)N2CCC(CC(=O)O)C2)cnn1C. The van der Waals surface area contributed by atoms with Gasteiger partial charge in [0.25, 0.3) is 0 Å². The van der Waals surface area contributed by atoms with Crippen LogP contribution in [0.3, 0.4) is 0 Å². The Kier molecular flexibility index (Phi) is 4.26. The number of carboxylic acids is 1. The summed E-state index contributed by atoms with van der Waals surface area (Å²) in [6, 6.07) is -0.138. The first kappa shape index (κ1) is 14.4. The molecule has 1 aliphatic rings. The molecule has 20 heavy (non-hydrogen) atoms. The van der Waals surface area contributed by atoms with Gasteiger partial charge in [0, 0.05) is 44.4 Å². The van der Waals surface area contributed by atoms with E-state index in [2.05, 4.69) is 10.4 Å². The van der Waals surface area contributed by atoms with E-state index >= 15 is 0 Å². The number of amides is 2. The molecule has 7 heteroatoms. The molecule has 1 unspecified atom stereocenters. The van der Waals surface area contributed by atoms with Gasteiger partial charge in [0.1, 0.15) is 0 Å². The molecule has 0 bridgehead atoms. The van der Waals surface area contributed by atoms with Crippen LogP contribution in [0.4, 0.5) is 4.79 Å². The second-order valence-corrected chi connectivity index (χ2v) is 5.24. The predicted molar refractivity (Wildman–Crippen MR) is 72.1 cm³/mol. The summed E-state index contributed by atoms with van der Waals surface area (Å²) < 4.78 is 1.76. The second kappa shape index (κ2) is 5.94. The summed E-state index contributed by atoms with van der Waals surface area (Å²) in [6.07, 6.45) is 2.63. The first-order valence-electron chi connectivity index (χ1n) is 6.69. The molecule has 1 aromatic heterocycles. The van der Waals surface area contributed by atoms with Crippen LogP contribution in [-0.2, 0) is 18.4 Å². The average Bonchev–Trinajstić information content (AvgIpc) is 2.96. The largest absolute Gasteiger partial charge is 0.481 e. The van der Waals surface area contributed by atoms with Gasteiger partial charge >= 0.3 is 12.0 Å². The van der Waals surface area contributed by atoms with Crippen molar-refractivity contribution in [2.45, 2.75) is 26.3 Å². The molecule has 1 aliphatic heterocycles. The van der Waals surface area contributed by atoms with E-state index < -0.39 is 5.97 Å². The Labute approximate surface area is 117 Å². The number of rotatable bonds is 4. The number of carbonyl (C=O) groups excluding carboxylic acids is 1. The van der Waals surface area contributed by atoms with Gasteiger partial charge < -0.3 is 15.3 Å². The fourth-order valence-electron chi connectivity index (χ4n) is 2.43. The minimum atomic E-state index is -0.803. The molecule has 1 atom stereocenters. The van der Waals surface area contributed by atoms with Gasteiger partial charge in [0.05, 0.1) is 6.20 Å². The zero-order valence-corrected chi connectivity index (χ0v) is 11.8. The van der Waals surface area contributed by atoms with Crippen molar-refractivity contribution in [2.75, 3.05) is 13.1 Å². The number of hydrogen-bond acceptors (Lipinski definition) is 3. The minimum absolute atomic E-state index is 0.0679. The monoisotopic (exact) mass is 280 g/mol. The van der Waals surface area contributed by atoms with Crippen molar-refractivity contribution in [3.63, 3.8) is 0 Å². The zero-order chi connectivity index (χ0) is 14.7. The van der Waals surface area contributed by atoms with Gasteiger partial charge in [-0.15, -0.1) is 0 Å². The van der Waals surface area contributed by atoms with Crippen LogP contribution in [0.15, 0.2) is 6.20 Å². The Morgan fingerprint density at radius 2 is 2.30 bits per heavy atom. The lowest BCUT2D eigenvalue weighted by Crippen LogP contribution is -2.38. The van der Waals surface area contributed by atoms with Crippen molar-refractivity contribution < 1.29 is 14.7 Å². The van der Waals surface area contributed by atoms with E-state index in [0.717, 1.165) is 17.7 Å². The summed E-state index contributed by atoms with van der Waals surface area (Å²) in [4.78, 5) is 24.3. The van der Waals surface area contributed by atoms with Gasteiger partial charge in [-0.3, -0.25) is 9.48 Å². The zero-order valence-electron chi connectivity index (χ0n) is 11.8. The molecule has 2 heterocycles. The van der Waals surface area contributed by atoms with Gasteiger partial charge in [-0.05, 0) is 19.3 Å². The van der Waals surface area contributed by atoms with Crippen molar-refractivity contribution in [1.29, 1.82) is 0 Å². The molecule has 2 amide bonds. The topological polar surface area (TPSA) is 87.5 Å². The summed E-state index contributed by atoms with van der Waals surface area (Å²) in [7, 11) is 1.86. The molecular formula is C13H20N4O3. The van der Waals surface area contributed by atoms with E-state index in [0.29, 0.717) is 19.6 Å². The number of carboxylic acid groups (broad SMARTS) is 1. The molecule has 0 saturated carbocycles. The fourth-order valence-corrected chi connectivity index (χ4v) is 2.43. The van der Waals surface area contributed by atoms with E-state index in [4.69, 9.17) is 5.11 Å². The van der Waals surface area contributed by atoms with Crippen LogP contribution in [0.2, 0.25) is 0 Å². The lowest BCUT2D eigenvalue weighted by atomic mass is 10.1. The van der Waals surface area contributed by atoms with Crippen molar-refractivity contribution in [3.05, 3.63) is 17.5 Å². The molecule has 0 radical (unpaired) electrons. The molecule has 2 N–H and O–H groups in total. The van der Waals surface area contributed by atoms with Crippen LogP contribution >= 0.6 is 0 Å². The summed E-state index contributed by atoms with van der Waals surface area (Å²) in [6.45, 7) is 3.53. The van der Waals surface area contributed by atoms with E-state index in [1.807, 2.05) is 14.0 Å². The number of hydrogen-bond donors (Lipinski definition) is 2. The number of nitrogens with zero attached hydrogens (tertiary/aromatic N) is 3. The van der Waals surface area contributed by atoms with Crippen LogP contribution in [0.5, 0.6) is 0 Å². The first-order chi connectivity index (χ1) is 9.47. The highest BCUT2D eigenvalue weighted by atomic mass is 16.4. The quantitative estimate of drug-likeness (QED) is 0.851. The Morgan fingerprint density at radius 3 is 2.90 bits per heavy atom. The summed E-state index contributed by atoms with van der Waals surface area (Å²) in [5.41, 5.74) is 2.01. The Bertz CT molecular complexity index is 512. The molecule has 0 spiro atoms. The Hall–Kier alpha value is -2.05. The molecule has 1 fully saturated rings. The summed E-state index contributed by atoms with van der Waals surface area (Å²) in [5, 5.41) is 15.7. The third-order valence-corrected chi connectivity index (χ3v) is 3.80. The molecule has 0 aromatic carbocycles. The van der Waals surface area contributed by atoms with Crippen molar-refractivity contribution in [3.8, 4) is 0 Å². The fraction of sp³-hybridized carbons (Fsp3) is 0.615. The van der Waals surface area contributed by atoms with Crippen molar-refractivity contribution in [2.24, 2.45) is 13.0 Å². The number of urea groups is 1. The number of carbonyl (C=O) groups is 2. The highest BCUT2D eigenvalue weighted by molar-refractivity contribution is 5.74. The summed E-state index contributed by atoms with van der Waals surface area (Å²) >= 11 is 0. The van der Waals surface area contributed by atoms with Crippen LogP contribution < -0.4 is 5.32 Å². The summed E-state index contributed by atoms with van der Waals surface area (Å²) in [5.74, 6) is -0.735. The molecule has 0 aliphatic carbocycles. The first-order valence-corrected chi connectivity index (χ1v) is 6.69. The molecule has 7 nitrogen and oxygen atoms in total. The van der Waals surface area contributed by atoms with E-state index in [1.165, 1.54) is 0 Å². The Balaban J connectivity index is 1.81. The highest BCUT2D eigenvalue weighted by Gasteiger charge is 2.27. The predicted octanol–water partition coefficient (Wildman–Crippen LogP) is 0.735. The maximum atomic E-state index is 12.0. The van der Waals surface area contributed by atoms with Gasteiger partial charge in [0.2, 0.25) is 0 Å². The molecule has 2 rings (SSSR count). The lowest BCUT2D eigenvalue weighted by molar-refractivity contribution is -0.138. The van der Waals surface area contributed by atoms with Gasteiger partial charge in [-0.25, -0.2) is 4.79 Å². The van der Waals surface area contributed by atoms with Gasteiger partial charge in [-0.1, -0.05) is 0 Å². The molecule has 1 aromatic rings. The normalized spacial score (nSPS) is 18.3. The third-order valence-electron chi connectivity index (χ3n) is 3.80. The Morgan fingerprint density at radius 1 is 1.55 bits per heavy atom. The van der Waals surface area contributed by atoms with Crippen LogP contribution in [-0.4, -0.2) is 44.9 Å².